The average Bonchev–Trinajstić information content (AvgIpc) is 2.18. The number of hydrogen-bond acceptors (Lipinski definition) is 2. The van der Waals surface area contributed by atoms with Gasteiger partial charge >= 0.3 is 5.97 Å². The van der Waals surface area contributed by atoms with Crippen LogP contribution in [0, 0.1) is 0 Å². The number of carboxylic acid groups (broad SMARTS) is 1. The Balaban J connectivity index is 2.29. The fourth-order valence-electron chi connectivity index (χ4n) is 1.96. The molecule has 1 saturated carbocycles. The minimum atomic E-state index is -0.951. The lowest BCUT2D eigenvalue weighted by Crippen LogP contribution is -2.42. The van der Waals surface area contributed by atoms with Crippen LogP contribution in [0.3, 0.4) is 0 Å². The van der Waals surface area contributed by atoms with Crippen molar-refractivity contribution >= 4 is 23.3 Å². The van der Waals surface area contributed by atoms with Gasteiger partial charge in [-0.3, -0.25) is 0 Å². The summed E-state index contributed by atoms with van der Waals surface area (Å²) < 4.78 is 0. The monoisotopic (exact) mass is 239 g/mol. The molecule has 0 atom stereocenters. The summed E-state index contributed by atoms with van der Waals surface area (Å²) in [5.74, 6) is -0.951. The molecule has 0 saturated heterocycles. The second kappa shape index (κ2) is 3.98. The molecular formula is C12H14ClNO2. The quantitative estimate of drug-likeness (QED) is 0.850. The number of nitrogens with one attached hydrogen (secondary N) is 1. The van der Waals surface area contributed by atoms with Crippen LogP contribution < -0.4 is 5.32 Å². The first kappa shape index (κ1) is 11.3. The molecule has 86 valence electrons. The number of carbonyl (C=O) groups is 1. The molecule has 0 aliphatic heterocycles. The Morgan fingerprint density at radius 1 is 1.50 bits per heavy atom. The van der Waals surface area contributed by atoms with Crippen LogP contribution in [0.15, 0.2) is 18.2 Å². The van der Waals surface area contributed by atoms with Gasteiger partial charge in [0.2, 0.25) is 0 Å². The molecule has 4 heteroatoms. The van der Waals surface area contributed by atoms with Gasteiger partial charge in [0.05, 0.1) is 5.56 Å². The third-order valence-corrected chi connectivity index (χ3v) is 3.34. The summed E-state index contributed by atoms with van der Waals surface area (Å²) in [7, 11) is 0. The summed E-state index contributed by atoms with van der Waals surface area (Å²) in [5, 5.41) is 12.8. The SMILES string of the molecule is CC1(Nc2ccc(Cl)cc2C(=O)O)CCC1. The molecule has 2 rings (SSSR count). The number of rotatable bonds is 3. The number of halogens is 1. The molecule has 0 unspecified atom stereocenters. The van der Waals surface area contributed by atoms with Gasteiger partial charge in [-0.25, -0.2) is 4.79 Å². The molecular weight excluding hydrogens is 226 g/mol. The van der Waals surface area contributed by atoms with Crippen LogP contribution in [0.4, 0.5) is 5.69 Å². The molecule has 1 aromatic carbocycles. The molecule has 1 aromatic rings. The van der Waals surface area contributed by atoms with Gasteiger partial charge < -0.3 is 10.4 Å². The van der Waals surface area contributed by atoms with Gasteiger partial charge in [-0.05, 0) is 44.4 Å². The first-order valence-electron chi connectivity index (χ1n) is 5.31. The lowest BCUT2D eigenvalue weighted by Gasteiger charge is -2.40. The molecule has 0 bridgehead atoms. The maximum atomic E-state index is 11.1. The predicted molar refractivity (Wildman–Crippen MR) is 64.3 cm³/mol. The van der Waals surface area contributed by atoms with E-state index in [-0.39, 0.29) is 11.1 Å². The van der Waals surface area contributed by atoms with Crippen LogP contribution in [0.25, 0.3) is 0 Å². The summed E-state index contributed by atoms with van der Waals surface area (Å²) in [4.78, 5) is 11.1. The van der Waals surface area contributed by atoms with Gasteiger partial charge in [0.1, 0.15) is 0 Å². The van der Waals surface area contributed by atoms with E-state index in [1.54, 1.807) is 12.1 Å². The average molecular weight is 240 g/mol. The van der Waals surface area contributed by atoms with E-state index in [0.717, 1.165) is 12.8 Å². The van der Waals surface area contributed by atoms with Gasteiger partial charge in [0.15, 0.2) is 0 Å². The number of carboxylic acids is 1. The summed E-state index contributed by atoms with van der Waals surface area (Å²) >= 11 is 5.79. The minimum absolute atomic E-state index is 0.0397. The third-order valence-electron chi connectivity index (χ3n) is 3.11. The molecule has 2 N–H and O–H groups in total. The Bertz CT molecular complexity index is 427. The molecule has 0 amide bonds. The zero-order valence-electron chi connectivity index (χ0n) is 9.09. The Morgan fingerprint density at radius 2 is 2.19 bits per heavy atom. The zero-order valence-corrected chi connectivity index (χ0v) is 9.84. The van der Waals surface area contributed by atoms with E-state index < -0.39 is 5.97 Å². The maximum Gasteiger partial charge on any atom is 0.337 e. The van der Waals surface area contributed by atoms with Gasteiger partial charge in [0, 0.05) is 16.2 Å². The fraction of sp³-hybridized carbons (Fsp3) is 0.417. The number of benzene rings is 1. The van der Waals surface area contributed by atoms with Crippen molar-refractivity contribution in [3.8, 4) is 0 Å². The van der Waals surface area contributed by atoms with Gasteiger partial charge in [-0.15, -0.1) is 0 Å². The molecule has 0 heterocycles. The largest absolute Gasteiger partial charge is 0.478 e. The van der Waals surface area contributed by atoms with E-state index in [2.05, 4.69) is 12.2 Å². The molecule has 1 aliphatic carbocycles. The number of anilines is 1. The van der Waals surface area contributed by atoms with E-state index in [9.17, 15) is 4.79 Å². The van der Waals surface area contributed by atoms with Crippen molar-refractivity contribution in [2.75, 3.05) is 5.32 Å². The standard InChI is InChI=1S/C12H14ClNO2/c1-12(5-2-6-12)14-10-4-3-8(13)7-9(10)11(15)16/h3-4,7,14H,2,5-6H2,1H3,(H,15,16). The third kappa shape index (κ3) is 2.14. The second-order valence-electron chi connectivity index (χ2n) is 4.53. The van der Waals surface area contributed by atoms with Crippen molar-refractivity contribution in [3.63, 3.8) is 0 Å². The lowest BCUT2D eigenvalue weighted by atomic mass is 9.78. The number of hydrogen-bond donors (Lipinski definition) is 2. The van der Waals surface area contributed by atoms with Crippen LogP contribution in [0.2, 0.25) is 5.02 Å². The number of aromatic carboxylic acids is 1. The summed E-state index contributed by atoms with van der Waals surface area (Å²) in [6.45, 7) is 2.11. The van der Waals surface area contributed by atoms with Crippen molar-refractivity contribution in [2.45, 2.75) is 31.7 Å². The summed E-state index contributed by atoms with van der Waals surface area (Å²) in [5.41, 5.74) is 0.928. The fourth-order valence-corrected chi connectivity index (χ4v) is 2.13. The normalized spacial score (nSPS) is 17.6. The van der Waals surface area contributed by atoms with Crippen molar-refractivity contribution in [2.24, 2.45) is 0 Å². The van der Waals surface area contributed by atoms with Crippen LogP contribution >= 0.6 is 11.6 Å². The van der Waals surface area contributed by atoms with Crippen LogP contribution in [0.1, 0.15) is 36.5 Å². The molecule has 3 nitrogen and oxygen atoms in total. The summed E-state index contributed by atoms with van der Waals surface area (Å²) in [6.07, 6.45) is 3.35. The molecule has 0 radical (unpaired) electrons. The highest BCUT2D eigenvalue weighted by Gasteiger charge is 2.32. The summed E-state index contributed by atoms with van der Waals surface area (Å²) in [6, 6.07) is 4.92. The van der Waals surface area contributed by atoms with Gasteiger partial charge in [-0.2, -0.15) is 0 Å². The van der Waals surface area contributed by atoms with Crippen molar-refractivity contribution < 1.29 is 9.90 Å². The predicted octanol–water partition coefficient (Wildman–Crippen LogP) is 3.39. The highest BCUT2D eigenvalue weighted by atomic mass is 35.5. The second-order valence-corrected chi connectivity index (χ2v) is 4.97. The van der Waals surface area contributed by atoms with Gasteiger partial charge in [-0.1, -0.05) is 11.6 Å². The van der Waals surface area contributed by atoms with E-state index in [1.807, 2.05) is 0 Å². The van der Waals surface area contributed by atoms with E-state index in [4.69, 9.17) is 16.7 Å². The molecule has 16 heavy (non-hydrogen) atoms. The Morgan fingerprint density at radius 3 is 2.69 bits per heavy atom. The highest BCUT2D eigenvalue weighted by molar-refractivity contribution is 6.31. The zero-order chi connectivity index (χ0) is 11.8. The molecule has 1 fully saturated rings. The first-order chi connectivity index (χ1) is 7.50. The molecule has 0 spiro atoms. The molecule has 0 aromatic heterocycles. The Hall–Kier alpha value is -1.22. The minimum Gasteiger partial charge on any atom is -0.478 e. The van der Waals surface area contributed by atoms with Crippen LogP contribution in [-0.4, -0.2) is 16.6 Å². The highest BCUT2D eigenvalue weighted by Crippen LogP contribution is 2.36. The van der Waals surface area contributed by atoms with Crippen molar-refractivity contribution in [1.82, 2.24) is 0 Å². The Kier molecular flexibility index (Phi) is 2.80. The maximum absolute atomic E-state index is 11.1. The topological polar surface area (TPSA) is 49.3 Å². The Labute approximate surface area is 99.4 Å². The van der Waals surface area contributed by atoms with Crippen molar-refractivity contribution in [3.05, 3.63) is 28.8 Å². The molecule has 1 aliphatic rings. The lowest BCUT2D eigenvalue weighted by molar-refractivity contribution is 0.0697. The van der Waals surface area contributed by atoms with Crippen molar-refractivity contribution in [1.29, 1.82) is 0 Å². The van der Waals surface area contributed by atoms with Crippen LogP contribution in [-0.2, 0) is 0 Å². The van der Waals surface area contributed by atoms with Gasteiger partial charge in [0.25, 0.3) is 0 Å². The van der Waals surface area contributed by atoms with Crippen LogP contribution in [0.5, 0.6) is 0 Å². The first-order valence-corrected chi connectivity index (χ1v) is 5.69. The smallest absolute Gasteiger partial charge is 0.337 e. The van der Waals surface area contributed by atoms with E-state index in [1.165, 1.54) is 12.5 Å². The van der Waals surface area contributed by atoms with E-state index in [0.29, 0.717) is 10.7 Å². The van der Waals surface area contributed by atoms with E-state index >= 15 is 0 Å².